The number of halogens is 2. The highest BCUT2D eigenvalue weighted by Gasteiger charge is 2.24. The highest BCUT2D eigenvalue weighted by molar-refractivity contribution is 9.10. The Hall–Kier alpha value is -1.18. The number of anilines is 1. The number of rotatable bonds is 2. The van der Waals surface area contributed by atoms with Crippen LogP contribution in [-0.2, 0) is 6.54 Å². The first-order valence-electron chi connectivity index (χ1n) is 6.95. The number of hydrogen-bond acceptors (Lipinski definition) is 4. The molecule has 0 radical (unpaired) electrons. The van der Waals surface area contributed by atoms with Crippen molar-refractivity contribution >= 4 is 32.9 Å². The van der Waals surface area contributed by atoms with E-state index in [4.69, 9.17) is 5.73 Å². The molecular formula is C14H19BrFN5. The number of hydrogen-bond donors (Lipinski definition) is 1. The van der Waals surface area contributed by atoms with Crippen molar-refractivity contribution in [2.75, 3.05) is 39.5 Å². The minimum absolute atomic E-state index is 0.318. The molecule has 2 heterocycles. The summed E-state index contributed by atoms with van der Waals surface area (Å²) >= 11 is 3.23. The quantitative estimate of drug-likeness (QED) is 0.891. The first kappa shape index (κ1) is 14.7. The van der Waals surface area contributed by atoms with Crippen molar-refractivity contribution in [1.29, 1.82) is 0 Å². The van der Waals surface area contributed by atoms with Gasteiger partial charge in [-0.15, -0.1) is 0 Å². The van der Waals surface area contributed by atoms with Crippen molar-refractivity contribution in [1.82, 2.24) is 19.4 Å². The third kappa shape index (κ3) is 2.77. The smallest absolute Gasteiger partial charge is 0.201 e. The molecular weight excluding hydrogens is 337 g/mol. The molecule has 1 atom stereocenters. The Bertz CT molecular complexity index is 671. The van der Waals surface area contributed by atoms with E-state index in [9.17, 15) is 4.39 Å². The molecule has 0 aliphatic carbocycles. The van der Waals surface area contributed by atoms with E-state index in [0.29, 0.717) is 22.0 Å². The van der Waals surface area contributed by atoms with E-state index in [2.05, 4.69) is 44.8 Å². The molecule has 0 amide bonds. The number of piperazine rings is 1. The average molecular weight is 356 g/mol. The number of nitrogens with two attached hydrogens (primary N) is 1. The Morgan fingerprint density at radius 3 is 2.90 bits per heavy atom. The monoisotopic (exact) mass is 355 g/mol. The second-order valence-corrected chi connectivity index (χ2v) is 6.59. The fourth-order valence-electron chi connectivity index (χ4n) is 2.84. The number of likely N-dealkylation sites (N-methyl/N-ethyl adjacent to an activating group) is 2. The zero-order chi connectivity index (χ0) is 15.1. The van der Waals surface area contributed by atoms with Crippen LogP contribution in [0.15, 0.2) is 16.6 Å². The van der Waals surface area contributed by atoms with Gasteiger partial charge in [-0.1, -0.05) is 0 Å². The van der Waals surface area contributed by atoms with Gasteiger partial charge in [0.15, 0.2) is 0 Å². The van der Waals surface area contributed by atoms with Crippen molar-refractivity contribution in [2.24, 2.45) is 0 Å². The highest BCUT2D eigenvalue weighted by Crippen LogP contribution is 2.26. The van der Waals surface area contributed by atoms with Gasteiger partial charge in [0, 0.05) is 38.3 Å². The summed E-state index contributed by atoms with van der Waals surface area (Å²) < 4.78 is 16.0. The van der Waals surface area contributed by atoms with Crippen molar-refractivity contribution in [2.45, 2.75) is 12.6 Å². The van der Waals surface area contributed by atoms with E-state index in [1.54, 1.807) is 6.07 Å². The Morgan fingerprint density at radius 1 is 1.38 bits per heavy atom. The molecule has 1 saturated heterocycles. The number of benzene rings is 1. The SMILES string of the molecule is CN1CCN(C)C(Cn2c(N)nc3cc(F)c(Br)cc32)C1. The molecule has 2 N–H and O–H groups in total. The Morgan fingerprint density at radius 2 is 2.14 bits per heavy atom. The lowest BCUT2D eigenvalue weighted by molar-refractivity contribution is 0.104. The summed E-state index contributed by atoms with van der Waals surface area (Å²) in [5, 5.41) is 0. The maximum atomic E-state index is 13.6. The maximum absolute atomic E-state index is 13.6. The average Bonchev–Trinajstić information content (AvgIpc) is 2.71. The summed E-state index contributed by atoms with van der Waals surface area (Å²) in [5.74, 6) is 0.116. The molecule has 2 aromatic rings. The molecule has 1 aliphatic heterocycles. The second-order valence-electron chi connectivity index (χ2n) is 5.73. The van der Waals surface area contributed by atoms with Crippen molar-refractivity contribution in [3.63, 3.8) is 0 Å². The molecule has 1 aromatic carbocycles. The molecule has 1 unspecified atom stereocenters. The largest absolute Gasteiger partial charge is 0.369 e. The summed E-state index contributed by atoms with van der Waals surface area (Å²) in [6.45, 7) is 3.84. The lowest BCUT2D eigenvalue weighted by atomic mass is 10.2. The van der Waals surface area contributed by atoms with Gasteiger partial charge in [0.1, 0.15) is 5.82 Å². The van der Waals surface area contributed by atoms with Gasteiger partial charge in [0.2, 0.25) is 5.95 Å². The van der Waals surface area contributed by atoms with Crippen LogP contribution in [0, 0.1) is 5.82 Å². The van der Waals surface area contributed by atoms with E-state index in [-0.39, 0.29) is 5.82 Å². The molecule has 5 nitrogen and oxygen atoms in total. The van der Waals surface area contributed by atoms with Gasteiger partial charge in [0.05, 0.1) is 15.5 Å². The van der Waals surface area contributed by atoms with Gasteiger partial charge in [-0.2, -0.15) is 0 Å². The fraction of sp³-hybridized carbons (Fsp3) is 0.500. The third-order valence-corrected chi connectivity index (χ3v) is 4.80. The topological polar surface area (TPSA) is 50.3 Å². The Balaban J connectivity index is 1.96. The van der Waals surface area contributed by atoms with E-state index in [0.717, 1.165) is 31.7 Å². The van der Waals surface area contributed by atoms with Crippen molar-refractivity contribution < 1.29 is 4.39 Å². The van der Waals surface area contributed by atoms with Gasteiger partial charge >= 0.3 is 0 Å². The number of fused-ring (bicyclic) bond motifs is 1. The van der Waals surface area contributed by atoms with Crippen LogP contribution in [0.2, 0.25) is 0 Å². The molecule has 21 heavy (non-hydrogen) atoms. The Labute approximate surface area is 131 Å². The van der Waals surface area contributed by atoms with Gasteiger partial charge in [0.25, 0.3) is 0 Å². The Kier molecular flexibility index (Phi) is 3.90. The first-order valence-corrected chi connectivity index (χ1v) is 7.74. The zero-order valence-electron chi connectivity index (χ0n) is 12.2. The molecule has 0 saturated carbocycles. The van der Waals surface area contributed by atoms with E-state index in [1.165, 1.54) is 6.07 Å². The molecule has 7 heteroatoms. The fourth-order valence-corrected chi connectivity index (χ4v) is 3.17. The van der Waals surface area contributed by atoms with E-state index >= 15 is 0 Å². The van der Waals surface area contributed by atoms with Crippen LogP contribution >= 0.6 is 15.9 Å². The molecule has 3 rings (SSSR count). The van der Waals surface area contributed by atoms with Crippen molar-refractivity contribution in [3.05, 3.63) is 22.4 Å². The van der Waals surface area contributed by atoms with Crippen LogP contribution < -0.4 is 5.73 Å². The van der Waals surface area contributed by atoms with Crippen LogP contribution in [0.1, 0.15) is 0 Å². The number of imidazole rings is 1. The molecule has 1 aliphatic rings. The van der Waals surface area contributed by atoms with E-state index in [1.807, 2.05) is 4.57 Å². The maximum Gasteiger partial charge on any atom is 0.201 e. The molecule has 114 valence electrons. The minimum Gasteiger partial charge on any atom is -0.369 e. The summed E-state index contributed by atoms with van der Waals surface area (Å²) in [7, 11) is 4.25. The number of nitrogen functional groups attached to an aromatic ring is 1. The molecule has 0 spiro atoms. The van der Waals surface area contributed by atoms with Crippen molar-refractivity contribution in [3.8, 4) is 0 Å². The van der Waals surface area contributed by atoms with Crippen LogP contribution in [0.4, 0.5) is 10.3 Å². The number of nitrogens with zero attached hydrogens (tertiary/aromatic N) is 4. The zero-order valence-corrected chi connectivity index (χ0v) is 13.8. The van der Waals surface area contributed by atoms with Gasteiger partial charge in [-0.25, -0.2) is 9.37 Å². The second kappa shape index (κ2) is 5.55. The number of aromatic nitrogens is 2. The van der Waals surface area contributed by atoms with Gasteiger partial charge in [-0.05, 0) is 36.1 Å². The summed E-state index contributed by atoms with van der Waals surface area (Å²) in [6, 6.07) is 3.54. The van der Waals surface area contributed by atoms with Gasteiger partial charge in [-0.3, -0.25) is 4.90 Å². The van der Waals surface area contributed by atoms with E-state index < -0.39 is 0 Å². The lowest BCUT2D eigenvalue weighted by Crippen LogP contribution is -2.51. The van der Waals surface area contributed by atoms with Gasteiger partial charge < -0.3 is 15.2 Å². The normalized spacial score (nSPS) is 21.2. The summed E-state index contributed by atoms with van der Waals surface area (Å²) in [5.41, 5.74) is 7.49. The standard InChI is InChI=1S/C14H19BrFN5/c1-19-3-4-20(2)9(7-19)8-21-13-5-10(15)11(16)6-12(13)18-14(21)17/h5-6,9H,3-4,7-8H2,1-2H3,(H2,17,18). The summed E-state index contributed by atoms with van der Waals surface area (Å²) in [6.07, 6.45) is 0. The highest BCUT2D eigenvalue weighted by atomic mass is 79.9. The van der Waals surface area contributed by atoms with Crippen LogP contribution in [-0.4, -0.2) is 59.1 Å². The third-order valence-electron chi connectivity index (χ3n) is 4.19. The van der Waals surface area contributed by atoms with Crippen LogP contribution in [0.25, 0.3) is 11.0 Å². The molecule has 1 fully saturated rings. The molecule has 1 aromatic heterocycles. The van der Waals surface area contributed by atoms with Crippen LogP contribution in [0.3, 0.4) is 0 Å². The minimum atomic E-state index is -0.318. The predicted octanol–water partition coefficient (Wildman–Crippen LogP) is 1.77. The van der Waals surface area contributed by atoms with Crippen LogP contribution in [0.5, 0.6) is 0 Å². The lowest BCUT2D eigenvalue weighted by Gasteiger charge is -2.38. The predicted molar refractivity (Wildman–Crippen MR) is 85.7 cm³/mol. The molecule has 0 bridgehead atoms. The first-order chi connectivity index (χ1) is 9.95. The summed E-state index contributed by atoms with van der Waals surface area (Å²) in [4.78, 5) is 8.92.